The second-order valence-electron chi connectivity index (χ2n) is 2.28. The summed E-state index contributed by atoms with van der Waals surface area (Å²) in [6, 6.07) is 0. The van der Waals surface area contributed by atoms with Gasteiger partial charge in [0.15, 0.2) is 5.16 Å². The van der Waals surface area contributed by atoms with E-state index in [4.69, 9.17) is 0 Å². The number of aliphatic imine (C=N–C) groups is 1. The third-order valence-electron chi connectivity index (χ3n) is 1.45. The largest absolute Gasteiger partial charge is 0.296 e. The Labute approximate surface area is 76.3 Å². The van der Waals surface area contributed by atoms with Crippen LogP contribution < -0.4 is 0 Å². The van der Waals surface area contributed by atoms with E-state index in [1.54, 1.807) is 31.2 Å². The molecule has 0 unspecified atom stereocenters. The number of nitrogens with zero attached hydrogens (tertiary/aromatic N) is 3. The summed E-state index contributed by atoms with van der Waals surface area (Å²) in [5, 5.41) is 0.806. The van der Waals surface area contributed by atoms with Crippen molar-refractivity contribution in [1.29, 1.82) is 0 Å². The van der Waals surface area contributed by atoms with Gasteiger partial charge in [-0.15, -0.1) is 0 Å². The Morgan fingerprint density at radius 3 is 2.83 bits per heavy atom. The van der Waals surface area contributed by atoms with Crippen molar-refractivity contribution >= 4 is 18.0 Å². The third kappa shape index (κ3) is 2.04. The molecule has 1 heterocycles. The first-order chi connectivity index (χ1) is 5.77. The molecule has 3 nitrogen and oxygen atoms in total. The molecule has 0 aromatic carbocycles. The van der Waals surface area contributed by atoms with Gasteiger partial charge in [0.05, 0.1) is 5.69 Å². The van der Waals surface area contributed by atoms with Crippen molar-refractivity contribution in [1.82, 2.24) is 9.97 Å². The molecule has 0 aliphatic rings. The standard InChI is InChI=1S/C8H11N3S/c1-6-7(4-9-2)5-10-8(11-6)12-3/h4-5H,1-3H3. The summed E-state index contributed by atoms with van der Waals surface area (Å²) in [5.41, 5.74) is 1.95. The molecular formula is C8H11N3S. The Kier molecular flexibility index (Phi) is 3.22. The van der Waals surface area contributed by atoms with Crippen LogP contribution in [-0.2, 0) is 0 Å². The maximum absolute atomic E-state index is 4.27. The van der Waals surface area contributed by atoms with E-state index >= 15 is 0 Å². The minimum atomic E-state index is 0.806. The topological polar surface area (TPSA) is 38.1 Å². The van der Waals surface area contributed by atoms with Crippen LogP contribution in [0.2, 0.25) is 0 Å². The Morgan fingerprint density at radius 1 is 1.58 bits per heavy atom. The Hall–Kier alpha value is -0.900. The van der Waals surface area contributed by atoms with Crippen molar-refractivity contribution < 1.29 is 0 Å². The molecule has 0 amide bonds. The van der Waals surface area contributed by atoms with Crippen LogP contribution in [-0.4, -0.2) is 29.5 Å². The Balaban J connectivity index is 3.03. The van der Waals surface area contributed by atoms with Gasteiger partial charge in [-0.3, -0.25) is 4.99 Å². The number of hydrogen-bond acceptors (Lipinski definition) is 4. The van der Waals surface area contributed by atoms with Gasteiger partial charge >= 0.3 is 0 Å². The average molecular weight is 181 g/mol. The van der Waals surface area contributed by atoms with E-state index < -0.39 is 0 Å². The molecule has 0 saturated heterocycles. The zero-order valence-electron chi connectivity index (χ0n) is 7.40. The number of thioether (sulfide) groups is 1. The van der Waals surface area contributed by atoms with Crippen LogP contribution in [0.3, 0.4) is 0 Å². The van der Waals surface area contributed by atoms with Gasteiger partial charge in [-0.25, -0.2) is 9.97 Å². The highest BCUT2D eigenvalue weighted by Crippen LogP contribution is 2.09. The van der Waals surface area contributed by atoms with Gasteiger partial charge in [-0.05, 0) is 13.2 Å². The van der Waals surface area contributed by atoms with Gasteiger partial charge in [-0.2, -0.15) is 0 Å². The predicted octanol–water partition coefficient (Wildman–Crippen LogP) is 1.56. The van der Waals surface area contributed by atoms with Gasteiger partial charge in [0.2, 0.25) is 0 Å². The number of aromatic nitrogens is 2. The maximum Gasteiger partial charge on any atom is 0.187 e. The lowest BCUT2D eigenvalue weighted by atomic mass is 10.3. The molecule has 0 aliphatic carbocycles. The highest BCUT2D eigenvalue weighted by Gasteiger charge is 1.98. The van der Waals surface area contributed by atoms with E-state index in [9.17, 15) is 0 Å². The van der Waals surface area contributed by atoms with Gasteiger partial charge in [0, 0.05) is 25.0 Å². The molecule has 1 aromatic rings. The molecule has 1 aromatic heterocycles. The van der Waals surface area contributed by atoms with Crippen LogP contribution in [0.5, 0.6) is 0 Å². The molecule has 64 valence electrons. The summed E-state index contributed by atoms with van der Waals surface area (Å²) in [6.07, 6.45) is 5.52. The number of rotatable bonds is 2. The third-order valence-corrected chi connectivity index (χ3v) is 2.01. The van der Waals surface area contributed by atoms with E-state index in [0.29, 0.717) is 0 Å². The molecule has 0 atom stereocenters. The van der Waals surface area contributed by atoms with Crippen molar-refractivity contribution in [2.45, 2.75) is 12.1 Å². The molecule has 0 aliphatic heterocycles. The first-order valence-electron chi connectivity index (χ1n) is 3.57. The van der Waals surface area contributed by atoms with Crippen LogP contribution in [0.15, 0.2) is 16.3 Å². The molecule has 4 heteroatoms. The normalized spacial score (nSPS) is 10.9. The van der Waals surface area contributed by atoms with E-state index in [2.05, 4.69) is 15.0 Å². The summed E-state index contributed by atoms with van der Waals surface area (Å²) in [5.74, 6) is 0. The number of hydrogen-bond donors (Lipinski definition) is 0. The lowest BCUT2D eigenvalue weighted by Crippen LogP contribution is -1.95. The van der Waals surface area contributed by atoms with Crippen molar-refractivity contribution in [3.8, 4) is 0 Å². The fourth-order valence-electron chi connectivity index (χ4n) is 0.819. The first-order valence-corrected chi connectivity index (χ1v) is 4.80. The van der Waals surface area contributed by atoms with Gasteiger partial charge in [-0.1, -0.05) is 11.8 Å². The molecule has 0 fully saturated rings. The minimum Gasteiger partial charge on any atom is -0.296 e. The van der Waals surface area contributed by atoms with Gasteiger partial charge in [0.25, 0.3) is 0 Å². The Bertz CT molecular complexity index is 296. The van der Waals surface area contributed by atoms with E-state index in [1.165, 1.54) is 0 Å². The average Bonchev–Trinajstić information content (AvgIpc) is 2.09. The highest BCUT2D eigenvalue weighted by atomic mass is 32.2. The van der Waals surface area contributed by atoms with Crippen LogP contribution in [0.4, 0.5) is 0 Å². The lowest BCUT2D eigenvalue weighted by Gasteiger charge is -1.99. The second kappa shape index (κ2) is 4.21. The van der Waals surface area contributed by atoms with Crippen LogP contribution in [0.25, 0.3) is 0 Å². The van der Waals surface area contributed by atoms with Gasteiger partial charge in [0.1, 0.15) is 0 Å². The molecule has 0 bridgehead atoms. The second-order valence-corrected chi connectivity index (χ2v) is 3.06. The summed E-state index contributed by atoms with van der Waals surface area (Å²) >= 11 is 1.54. The predicted molar refractivity (Wildman–Crippen MR) is 52.1 cm³/mol. The minimum absolute atomic E-state index is 0.806. The van der Waals surface area contributed by atoms with Crippen LogP contribution in [0, 0.1) is 6.92 Å². The van der Waals surface area contributed by atoms with Crippen LogP contribution >= 0.6 is 11.8 Å². The zero-order valence-corrected chi connectivity index (χ0v) is 8.22. The Morgan fingerprint density at radius 2 is 2.33 bits per heavy atom. The van der Waals surface area contributed by atoms with Crippen molar-refractivity contribution in [2.75, 3.05) is 13.3 Å². The molecule has 1 rings (SSSR count). The summed E-state index contributed by atoms with van der Waals surface area (Å²) < 4.78 is 0. The SMILES string of the molecule is CN=Cc1cnc(SC)nc1C. The zero-order chi connectivity index (χ0) is 8.97. The van der Waals surface area contributed by atoms with E-state index in [-0.39, 0.29) is 0 Å². The molecular weight excluding hydrogens is 170 g/mol. The van der Waals surface area contributed by atoms with Crippen molar-refractivity contribution in [2.24, 2.45) is 4.99 Å². The highest BCUT2D eigenvalue weighted by molar-refractivity contribution is 7.98. The summed E-state index contributed by atoms with van der Waals surface area (Å²) in [7, 11) is 1.74. The first kappa shape index (κ1) is 9.19. The monoisotopic (exact) mass is 181 g/mol. The molecule has 0 radical (unpaired) electrons. The molecule has 0 saturated carbocycles. The molecule has 0 spiro atoms. The van der Waals surface area contributed by atoms with Crippen LogP contribution in [0.1, 0.15) is 11.3 Å². The van der Waals surface area contributed by atoms with Crippen molar-refractivity contribution in [3.05, 3.63) is 17.5 Å². The van der Waals surface area contributed by atoms with E-state index in [1.807, 2.05) is 13.2 Å². The fourth-order valence-corrected chi connectivity index (χ4v) is 1.21. The lowest BCUT2D eigenvalue weighted by molar-refractivity contribution is 0.931. The maximum atomic E-state index is 4.27. The van der Waals surface area contributed by atoms with Gasteiger partial charge < -0.3 is 0 Å². The summed E-state index contributed by atoms with van der Waals surface area (Å²) in [6.45, 7) is 1.96. The van der Waals surface area contributed by atoms with Crippen molar-refractivity contribution in [3.63, 3.8) is 0 Å². The quantitative estimate of drug-likeness (QED) is 0.395. The van der Waals surface area contributed by atoms with E-state index in [0.717, 1.165) is 16.4 Å². The fraction of sp³-hybridized carbons (Fsp3) is 0.375. The smallest absolute Gasteiger partial charge is 0.187 e. The molecule has 12 heavy (non-hydrogen) atoms. The summed E-state index contributed by atoms with van der Waals surface area (Å²) in [4.78, 5) is 12.3. The molecule has 0 N–H and O–H groups in total. The number of aryl methyl sites for hydroxylation is 1.